The van der Waals surface area contributed by atoms with Crippen molar-refractivity contribution in [3.63, 3.8) is 0 Å². The minimum atomic E-state index is -0.931. The maximum absolute atomic E-state index is 12.2. The molecule has 0 atom stereocenters. The van der Waals surface area contributed by atoms with Crippen LogP contribution in [-0.2, 0) is 17.8 Å². The molecule has 148 valence electrons. The summed E-state index contributed by atoms with van der Waals surface area (Å²) in [5, 5.41) is 14.3. The van der Waals surface area contributed by atoms with Crippen molar-refractivity contribution < 1.29 is 19.4 Å². The Morgan fingerprint density at radius 3 is 2.61 bits per heavy atom. The molecule has 0 amide bonds. The lowest BCUT2D eigenvalue weighted by molar-refractivity contribution is 0.0684. The summed E-state index contributed by atoms with van der Waals surface area (Å²) >= 11 is 0. The fraction of sp³-hybridized carbons (Fsp3) is 0.318. The van der Waals surface area contributed by atoms with Crippen LogP contribution in [0.2, 0.25) is 0 Å². The highest BCUT2D eigenvalue weighted by molar-refractivity contribution is 5.98. The van der Waals surface area contributed by atoms with Gasteiger partial charge in [0.2, 0.25) is 0 Å². The van der Waals surface area contributed by atoms with Gasteiger partial charge in [-0.25, -0.2) is 4.79 Å². The largest absolute Gasteiger partial charge is 0.497 e. The van der Waals surface area contributed by atoms with Gasteiger partial charge in [-0.05, 0) is 30.7 Å². The van der Waals surface area contributed by atoms with E-state index in [0.717, 1.165) is 35.0 Å². The lowest BCUT2D eigenvalue weighted by Gasteiger charge is -2.10. The van der Waals surface area contributed by atoms with E-state index in [1.54, 1.807) is 14.2 Å². The Balaban J connectivity index is 2.04. The molecule has 0 unspecified atom stereocenters. The number of methoxy groups -OCH3 is 2. The molecule has 2 aromatic carbocycles. The Labute approximate surface area is 164 Å². The fourth-order valence-corrected chi connectivity index (χ4v) is 3.44. The number of benzene rings is 2. The van der Waals surface area contributed by atoms with Crippen molar-refractivity contribution in [2.75, 3.05) is 27.4 Å². The van der Waals surface area contributed by atoms with Gasteiger partial charge in [0.15, 0.2) is 0 Å². The lowest BCUT2D eigenvalue weighted by Crippen LogP contribution is -2.19. The molecule has 0 radical (unpaired) electrons. The molecule has 28 heavy (non-hydrogen) atoms. The van der Waals surface area contributed by atoms with E-state index in [2.05, 4.69) is 5.32 Å². The van der Waals surface area contributed by atoms with Crippen molar-refractivity contribution in [1.29, 1.82) is 0 Å². The van der Waals surface area contributed by atoms with Crippen LogP contribution in [-0.4, -0.2) is 43.0 Å². The van der Waals surface area contributed by atoms with Crippen LogP contribution >= 0.6 is 0 Å². The topological polar surface area (TPSA) is 72.7 Å². The lowest BCUT2D eigenvalue weighted by atomic mass is 10.1. The van der Waals surface area contributed by atoms with Gasteiger partial charge in [0.25, 0.3) is 0 Å². The first-order chi connectivity index (χ1) is 13.7. The standard InChI is InChI=1S/C22H26N2O4/c1-27-12-6-11-23-14-19-18-10-9-17(28-2)13-20(18)24(21(19)22(25)26)15-16-7-4-3-5-8-16/h3-5,7-10,13,23H,6,11-12,14-15H2,1-2H3,(H,25,26). The van der Waals surface area contributed by atoms with Crippen molar-refractivity contribution >= 4 is 16.9 Å². The number of carbonyl (C=O) groups is 1. The fourth-order valence-electron chi connectivity index (χ4n) is 3.44. The molecule has 3 rings (SSSR count). The van der Waals surface area contributed by atoms with E-state index < -0.39 is 5.97 Å². The monoisotopic (exact) mass is 382 g/mol. The Morgan fingerprint density at radius 1 is 1.14 bits per heavy atom. The van der Waals surface area contributed by atoms with E-state index in [1.165, 1.54) is 0 Å². The second-order valence-corrected chi connectivity index (χ2v) is 6.61. The zero-order valence-electron chi connectivity index (χ0n) is 16.3. The van der Waals surface area contributed by atoms with E-state index in [1.807, 2.05) is 53.1 Å². The average molecular weight is 382 g/mol. The molecule has 0 aliphatic rings. The summed E-state index contributed by atoms with van der Waals surface area (Å²) in [5.41, 5.74) is 3.00. The number of carboxylic acids is 1. The van der Waals surface area contributed by atoms with Crippen LogP contribution in [0.4, 0.5) is 0 Å². The smallest absolute Gasteiger partial charge is 0.352 e. The predicted molar refractivity (Wildman–Crippen MR) is 109 cm³/mol. The van der Waals surface area contributed by atoms with Crippen molar-refractivity contribution in [3.05, 3.63) is 65.4 Å². The number of aromatic nitrogens is 1. The van der Waals surface area contributed by atoms with Crippen LogP contribution in [0.3, 0.4) is 0 Å². The molecule has 2 N–H and O–H groups in total. The van der Waals surface area contributed by atoms with Gasteiger partial charge in [-0.1, -0.05) is 30.3 Å². The first-order valence-corrected chi connectivity index (χ1v) is 9.31. The SMILES string of the molecule is COCCCNCc1c(C(=O)O)n(Cc2ccccc2)c2cc(OC)ccc12. The number of carboxylic acid groups (broad SMARTS) is 1. The Hall–Kier alpha value is -2.83. The van der Waals surface area contributed by atoms with Crippen LogP contribution in [0, 0.1) is 0 Å². The highest BCUT2D eigenvalue weighted by Crippen LogP contribution is 2.30. The molecular formula is C22H26N2O4. The van der Waals surface area contributed by atoms with E-state index in [9.17, 15) is 9.90 Å². The van der Waals surface area contributed by atoms with Gasteiger partial charge in [0.05, 0.1) is 12.6 Å². The van der Waals surface area contributed by atoms with Crippen molar-refractivity contribution in [3.8, 4) is 5.75 Å². The normalized spacial score (nSPS) is 11.1. The highest BCUT2D eigenvalue weighted by atomic mass is 16.5. The first kappa shape index (κ1) is 19.9. The molecule has 0 aliphatic heterocycles. The number of nitrogens with one attached hydrogen (secondary N) is 1. The molecule has 0 spiro atoms. The predicted octanol–water partition coefficient (Wildman–Crippen LogP) is 3.52. The van der Waals surface area contributed by atoms with E-state index in [4.69, 9.17) is 9.47 Å². The molecule has 1 aromatic heterocycles. The first-order valence-electron chi connectivity index (χ1n) is 9.31. The van der Waals surface area contributed by atoms with Gasteiger partial charge in [-0.3, -0.25) is 0 Å². The number of fused-ring (bicyclic) bond motifs is 1. The number of rotatable bonds is 10. The molecule has 6 nitrogen and oxygen atoms in total. The summed E-state index contributed by atoms with van der Waals surface area (Å²) in [7, 11) is 3.29. The molecule has 0 aliphatic carbocycles. The summed E-state index contributed by atoms with van der Waals surface area (Å²) in [6.45, 7) is 2.39. The van der Waals surface area contributed by atoms with Crippen molar-refractivity contribution in [2.24, 2.45) is 0 Å². The summed E-state index contributed by atoms with van der Waals surface area (Å²) in [6, 6.07) is 15.6. The second kappa shape index (κ2) is 9.39. The number of hydrogen-bond acceptors (Lipinski definition) is 4. The summed E-state index contributed by atoms with van der Waals surface area (Å²) in [5.74, 6) is -0.226. The van der Waals surface area contributed by atoms with Gasteiger partial charge >= 0.3 is 5.97 Å². The van der Waals surface area contributed by atoms with E-state index in [-0.39, 0.29) is 0 Å². The molecule has 0 saturated heterocycles. The average Bonchev–Trinajstić information content (AvgIpc) is 3.01. The van der Waals surface area contributed by atoms with Gasteiger partial charge in [-0.2, -0.15) is 0 Å². The van der Waals surface area contributed by atoms with Crippen LogP contribution in [0.5, 0.6) is 5.75 Å². The van der Waals surface area contributed by atoms with Crippen LogP contribution < -0.4 is 10.1 Å². The van der Waals surface area contributed by atoms with Gasteiger partial charge in [0, 0.05) is 43.8 Å². The molecule has 0 fully saturated rings. The number of aromatic carboxylic acids is 1. The maximum Gasteiger partial charge on any atom is 0.352 e. The molecule has 0 bridgehead atoms. The van der Waals surface area contributed by atoms with Gasteiger partial charge < -0.3 is 24.5 Å². The Morgan fingerprint density at radius 2 is 1.93 bits per heavy atom. The number of hydrogen-bond donors (Lipinski definition) is 2. The molecule has 6 heteroatoms. The van der Waals surface area contributed by atoms with E-state index in [0.29, 0.717) is 31.1 Å². The third-order valence-electron chi connectivity index (χ3n) is 4.77. The van der Waals surface area contributed by atoms with Crippen LogP contribution in [0.25, 0.3) is 10.9 Å². The zero-order valence-corrected chi connectivity index (χ0v) is 16.3. The van der Waals surface area contributed by atoms with Crippen LogP contribution in [0.1, 0.15) is 28.0 Å². The quantitative estimate of drug-likeness (QED) is 0.525. The van der Waals surface area contributed by atoms with Crippen LogP contribution in [0.15, 0.2) is 48.5 Å². The summed E-state index contributed by atoms with van der Waals surface area (Å²) in [6.07, 6.45) is 0.870. The van der Waals surface area contributed by atoms with Gasteiger partial charge in [0.1, 0.15) is 11.4 Å². The molecular weight excluding hydrogens is 356 g/mol. The van der Waals surface area contributed by atoms with Gasteiger partial charge in [-0.15, -0.1) is 0 Å². The highest BCUT2D eigenvalue weighted by Gasteiger charge is 2.22. The third-order valence-corrected chi connectivity index (χ3v) is 4.77. The van der Waals surface area contributed by atoms with E-state index >= 15 is 0 Å². The summed E-state index contributed by atoms with van der Waals surface area (Å²) < 4.78 is 12.3. The second-order valence-electron chi connectivity index (χ2n) is 6.61. The number of ether oxygens (including phenoxy) is 2. The van der Waals surface area contributed by atoms with Crippen molar-refractivity contribution in [2.45, 2.75) is 19.5 Å². The zero-order chi connectivity index (χ0) is 19.9. The Bertz CT molecular complexity index is 935. The minimum absolute atomic E-state index is 0.311. The maximum atomic E-state index is 12.2. The van der Waals surface area contributed by atoms with Crippen molar-refractivity contribution in [1.82, 2.24) is 9.88 Å². The molecule has 3 aromatic rings. The third kappa shape index (κ3) is 4.35. The molecule has 1 heterocycles. The number of nitrogens with zero attached hydrogens (tertiary/aromatic N) is 1. The summed E-state index contributed by atoms with van der Waals surface area (Å²) in [4.78, 5) is 12.2. The minimum Gasteiger partial charge on any atom is -0.497 e. The molecule has 0 saturated carbocycles. The Kier molecular flexibility index (Phi) is 6.68.